The molecule has 2 aliphatic heterocycles. The molecule has 1 amide bonds. The van der Waals surface area contributed by atoms with Gasteiger partial charge in [0.15, 0.2) is 9.84 Å². The average molecular weight is 479 g/mol. The Hall–Kier alpha value is -2.43. The molecule has 1 unspecified atom stereocenters. The molecule has 0 aliphatic carbocycles. The first-order chi connectivity index (χ1) is 15.2. The lowest BCUT2D eigenvalue weighted by Gasteiger charge is -2.35. The van der Waals surface area contributed by atoms with Crippen LogP contribution in [0.25, 0.3) is 0 Å². The molecule has 2 heterocycles. The van der Waals surface area contributed by atoms with Gasteiger partial charge in [0.05, 0.1) is 16.8 Å². The lowest BCUT2D eigenvalue weighted by Crippen LogP contribution is -2.52. The lowest BCUT2D eigenvalue weighted by molar-refractivity contribution is 0.0697. The van der Waals surface area contributed by atoms with Crippen LogP contribution >= 0.6 is 0 Å². The van der Waals surface area contributed by atoms with Gasteiger partial charge in [-0.1, -0.05) is 30.3 Å². The number of ether oxygens (including phenoxy) is 1. The van der Waals surface area contributed by atoms with Crippen molar-refractivity contribution in [1.29, 1.82) is 0 Å². The van der Waals surface area contributed by atoms with E-state index in [1.165, 1.54) is 4.31 Å². The standard InChI is InChI=1S/C22H26N2O6S2/c25-22(19-8-6-18(7-9-19)16-30-20-4-2-1-3-5-20)23-11-13-24(14-12-23)32(28,29)21-10-15-31(26,27)17-21/h1-9,21H,10-17H2. The van der Waals surface area contributed by atoms with Crippen LogP contribution in [0, 0.1) is 0 Å². The number of carbonyl (C=O) groups excluding carboxylic acids is 1. The number of carbonyl (C=O) groups is 1. The number of sulfonamides is 1. The summed E-state index contributed by atoms with van der Waals surface area (Å²) in [4.78, 5) is 14.5. The molecule has 172 valence electrons. The number of rotatable bonds is 6. The Balaban J connectivity index is 1.31. The maximum atomic E-state index is 12.8. The highest BCUT2D eigenvalue weighted by molar-refractivity contribution is 7.95. The number of piperazine rings is 1. The molecule has 1 atom stereocenters. The highest BCUT2D eigenvalue weighted by Crippen LogP contribution is 2.23. The molecule has 2 aromatic rings. The Bertz CT molecular complexity index is 1160. The van der Waals surface area contributed by atoms with Crippen molar-refractivity contribution >= 4 is 25.8 Å². The topological polar surface area (TPSA) is 101 Å². The van der Waals surface area contributed by atoms with Crippen LogP contribution in [0.4, 0.5) is 0 Å². The second kappa shape index (κ2) is 9.21. The van der Waals surface area contributed by atoms with Gasteiger partial charge in [-0.3, -0.25) is 4.79 Å². The summed E-state index contributed by atoms with van der Waals surface area (Å²) in [6, 6.07) is 16.7. The van der Waals surface area contributed by atoms with Crippen molar-refractivity contribution in [3.8, 4) is 5.75 Å². The number of hydrogen-bond donors (Lipinski definition) is 0. The predicted octanol–water partition coefficient (Wildman–Crippen LogP) is 1.54. The first-order valence-corrected chi connectivity index (χ1v) is 13.8. The van der Waals surface area contributed by atoms with Gasteiger partial charge in [0, 0.05) is 31.7 Å². The summed E-state index contributed by atoms with van der Waals surface area (Å²) >= 11 is 0. The molecule has 0 saturated carbocycles. The molecule has 4 rings (SSSR count). The van der Waals surface area contributed by atoms with Crippen molar-refractivity contribution in [2.75, 3.05) is 37.7 Å². The molecule has 0 N–H and O–H groups in total. The van der Waals surface area contributed by atoms with Crippen LogP contribution in [0.2, 0.25) is 0 Å². The van der Waals surface area contributed by atoms with E-state index in [4.69, 9.17) is 4.74 Å². The Morgan fingerprint density at radius 3 is 2.22 bits per heavy atom. The third-order valence-corrected chi connectivity index (χ3v) is 10.2. The second-order valence-electron chi connectivity index (χ2n) is 8.06. The van der Waals surface area contributed by atoms with Crippen LogP contribution in [0.5, 0.6) is 5.75 Å². The van der Waals surface area contributed by atoms with Gasteiger partial charge in [0.1, 0.15) is 12.4 Å². The molecule has 2 saturated heterocycles. The quantitative estimate of drug-likeness (QED) is 0.624. The van der Waals surface area contributed by atoms with E-state index < -0.39 is 25.1 Å². The molecule has 2 fully saturated rings. The van der Waals surface area contributed by atoms with Crippen LogP contribution < -0.4 is 4.74 Å². The molecule has 0 radical (unpaired) electrons. The third kappa shape index (κ3) is 5.13. The fourth-order valence-electron chi connectivity index (χ4n) is 3.96. The zero-order chi connectivity index (χ0) is 22.8. The van der Waals surface area contributed by atoms with Crippen molar-refractivity contribution in [3.63, 3.8) is 0 Å². The molecule has 2 aliphatic rings. The first-order valence-electron chi connectivity index (χ1n) is 10.5. The maximum Gasteiger partial charge on any atom is 0.253 e. The molecule has 2 aromatic carbocycles. The molecule has 0 spiro atoms. The minimum Gasteiger partial charge on any atom is -0.489 e. The smallest absolute Gasteiger partial charge is 0.253 e. The van der Waals surface area contributed by atoms with Crippen LogP contribution in [0.15, 0.2) is 54.6 Å². The van der Waals surface area contributed by atoms with Crippen LogP contribution in [0.1, 0.15) is 22.3 Å². The largest absolute Gasteiger partial charge is 0.489 e. The molecule has 10 heteroatoms. The number of amides is 1. The first kappa shape index (κ1) is 22.8. The number of nitrogens with zero attached hydrogens (tertiary/aromatic N) is 2. The van der Waals surface area contributed by atoms with Gasteiger partial charge < -0.3 is 9.64 Å². The SMILES string of the molecule is O=C(c1ccc(COc2ccccc2)cc1)N1CCN(S(=O)(=O)C2CCS(=O)(=O)C2)CC1. The van der Waals surface area contributed by atoms with Crippen molar-refractivity contribution < 1.29 is 26.4 Å². The summed E-state index contributed by atoms with van der Waals surface area (Å²) in [5.41, 5.74) is 1.47. The Kier molecular flexibility index (Phi) is 6.55. The molecule has 8 nitrogen and oxygen atoms in total. The summed E-state index contributed by atoms with van der Waals surface area (Å²) in [5.74, 6) is 0.230. The van der Waals surface area contributed by atoms with Crippen LogP contribution in [-0.4, -0.2) is 74.9 Å². The monoisotopic (exact) mass is 478 g/mol. The van der Waals surface area contributed by atoms with Crippen molar-refractivity contribution in [1.82, 2.24) is 9.21 Å². The summed E-state index contributed by atoms with van der Waals surface area (Å²) in [5, 5.41) is -0.875. The second-order valence-corrected chi connectivity index (χ2v) is 12.5. The van der Waals surface area contributed by atoms with E-state index in [0.717, 1.165) is 11.3 Å². The zero-order valence-electron chi connectivity index (χ0n) is 17.6. The van der Waals surface area contributed by atoms with Gasteiger partial charge in [-0.2, -0.15) is 4.31 Å². The summed E-state index contributed by atoms with van der Waals surface area (Å²) in [6.45, 7) is 1.29. The number of sulfone groups is 1. The van der Waals surface area contributed by atoms with Gasteiger partial charge in [0.2, 0.25) is 10.0 Å². The molecular weight excluding hydrogens is 452 g/mol. The van der Waals surface area contributed by atoms with Gasteiger partial charge in [-0.25, -0.2) is 16.8 Å². The highest BCUT2D eigenvalue weighted by Gasteiger charge is 2.41. The normalized spacial score (nSPS) is 21.4. The number of benzene rings is 2. The minimum atomic E-state index is -3.68. The fraction of sp³-hybridized carbons (Fsp3) is 0.409. The Labute approximate surface area is 188 Å². The van der Waals surface area contributed by atoms with E-state index in [0.29, 0.717) is 12.2 Å². The van der Waals surface area contributed by atoms with Gasteiger partial charge >= 0.3 is 0 Å². The minimum absolute atomic E-state index is 0.0816. The molecule has 0 aromatic heterocycles. The average Bonchev–Trinajstić information content (AvgIpc) is 3.19. The van der Waals surface area contributed by atoms with E-state index in [9.17, 15) is 21.6 Å². The Morgan fingerprint density at radius 2 is 1.62 bits per heavy atom. The van der Waals surface area contributed by atoms with E-state index in [1.54, 1.807) is 17.0 Å². The third-order valence-electron chi connectivity index (χ3n) is 5.85. The van der Waals surface area contributed by atoms with Crippen LogP contribution in [-0.2, 0) is 26.5 Å². The Morgan fingerprint density at radius 1 is 0.969 bits per heavy atom. The highest BCUT2D eigenvalue weighted by atomic mass is 32.2. The zero-order valence-corrected chi connectivity index (χ0v) is 19.2. The summed E-state index contributed by atoms with van der Waals surface area (Å²) < 4.78 is 55.9. The van der Waals surface area contributed by atoms with E-state index in [2.05, 4.69) is 0 Å². The van der Waals surface area contributed by atoms with E-state index in [1.807, 2.05) is 42.5 Å². The maximum absolute atomic E-state index is 12.8. The molecule has 32 heavy (non-hydrogen) atoms. The van der Waals surface area contributed by atoms with Crippen molar-refractivity contribution in [2.24, 2.45) is 0 Å². The molecular formula is C22H26N2O6S2. The van der Waals surface area contributed by atoms with Crippen molar-refractivity contribution in [3.05, 3.63) is 65.7 Å². The molecule has 0 bridgehead atoms. The number of para-hydroxylation sites is 1. The summed E-state index contributed by atoms with van der Waals surface area (Å²) in [6.07, 6.45) is 0.143. The van der Waals surface area contributed by atoms with Gasteiger partial charge in [-0.15, -0.1) is 0 Å². The van der Waals surface area contributed by atoms with Crippen LogP contribution in [0.3, 0.4) is 0 Å². The lowest BCUT2D eigenvalue weighted by atomic mass is 10.1. The fourth-order valence-corrected chi connectivity index (χ4v) is 8.47. The van der Waals surface area contributed by atoms with Crippen molar-refractivity contribution in [2.45, 2.75) is 18.3 Å². The number of hydrogen-bond acceptors (Lipinski definition) is 6. The van der Waals surface area contributed by atoms with E-state index in [-0.39, 0.29) is 50.0 Å². The predicted molar refractivity (Wildman–Crippen MR) is 121 cm³/mol. The summed E-state index contributed by atoms with van der Waals surface area (Å²) in [7, 11) is -6.96. The van der Waals surface area contributed by atoms with Gasteiger partial charge in [0.25, 0.3) is 5.91 Å². The van der Waals surface area contributed by atoms with E-state index >= 15 is 0 Å². The van der Waals surface area contributed by atoms with Gasteiger partial charge in [-0.05, 0) is 36.2 Å².